The van der Waals surface area contributed by atoms with E-state index in [0.717, 1.165) is 30.8 Å². The Morgan fingerprint density at radius 1 is 1.53 bits per heavy atom. The zero-order valence-corrected chi connectivity index (χ0v) is 12.8. The van der Waals surface area contributed by atoms with Gasteiger partial charge >= 0.3 is 0 Å². The van der Waals surface area contributed by atoms with E-state index in [2.05, 4.69) is 11.9 Å². The molecule has 1 aliphatic carbocycles. The van der Waals surface area contributed by atoms with Crippen LogP contribution in [-0.4, -0.2) is 31.9 Å². The molecule has 1 saturated carbocycles. The molecule has 6 heteroatoms. The lowest BCUT2D eigenvalue weighted by molar-refractivity contribution is 0.437. The highest BCUT2D eigenvalue weighted by molar-refractivity contribution is 7.91. The van der Waals surface area contributed by atoms with Gasteiger partial charge < -0.3 is 5.32 Å². The number of rotatable bonds is 8. The predicted octanol–water partition coefficient (Wildman–Crippen LogP) is 2.20. The Labute approximate surface area is 119 Å². The Morgan fingerprint density at radius 3 is 2.84 bits per heavy atom. The molecule has 1 heterocycles. The number of sulfonamides is 1. The van der Waals surface area contributed by atoms with Gasteiger partial charge in [0.25, 0.3) is 10.0 Å². The SMILES string of the molecule is C=CCN(C1CC1)S(=O)(=O)c1ccc(CNCC)s1. The molecular weight excluding hydrogens is 280 g/mol. The third-order valence-corrected chi connectivity index (χ3v) is 6.48. The van der Waals surface area contributed by atoms with E-state index in [-0.39, 0.29) is 6.04 Å². The summed E-state index contributed by atoms with van der Waals surface area (Å²) >= 11 is 1.35. The van der Waals surface area contributed by atoms with E-state index in [1.807, 2.05) is 13.0 Å². The topological polar surface area (TPSA) is 49.4 Å². The summed E-state index contributed by atoms with van der Waals surface area (Å²) in [4.78, 5) is 1.05. The van der Waals surface area contributed by atoms with Crippen LogP contribution in [0.1, 0.15) is 24.6 Å². The van der Waals surface area contributed by atoms with Crippen LogP contribution in [0.5, 0.6) is 0 Å². The van der Waals surface area contributed by atoms with E-state index in [1.165, 1.54) is 11.3 Å². The first kappa shape index (κ1) is 14.7. The normalized spacial score (nSPS) is 15.9. The number of hydrogen-bond acceptors (Lipinski definition) is 4. The summed E-state index contributed by atoms with van der Waals surface area (Å²) in [5, 5.41) is 3.20. The molecule has 0 amide bonds. The van der Waals surface area contributed by atoms with Gasteiger partial charge in [-0.2, -0.15) is 4.31 Å². The second-order valence-corrected chi connectivity index (χ2v) is 7.88. The molecule has 0 unspecified atom stereocenters. The van der Waals surface area contributed by atoms with Gasteiger partial charge in [0.05, 0.1) is 0 Å². The first-order chi connectivity index (χ1) is 9.09. The Kier molecular flexibility index (Phi) is 4.78. The summed E-state index contributed by atoms with van der Waals surface area (Å²) in [5.74, 6) is 0. The maximum absolute atomic E-state index is 12.6. The molecule has 0 atom stereocenters. The second kappa shape index (κ2) is 6.17. The van der Waals surface area contributed by atoms with Crippen molar-refractivity contribution in [3.63, 3.8) is 0 Å². The van der Waals surface area contributed by atoms with Crippen molar-refractivity contribution in [3.8, 4) is 0 Å². The second-order valence-electron chi connectivity index (χ2n) is 4.60. The fourth-order valence-electron chi connectivity index (χ4n) is 1.89. The van der Waals surface area contributed by atoms with Crippen LogP contribution in [-0.2, 0) is 16.6 Å². The van der Waals surface area contributed by atoms with Crippen molar-refractivity contribution in [1.29, 1.82) is 0 Å². The molecule has 0 aromatic carbocycles. The van der Waals surface area contributed by atoms with E-state index in [4.69, 9.17) is 0 Å². The molecule has 4 nitrogen and oxygen atoms in total. The van der Waals surface area contributed by atoms with Crippen molar-refractivity contribution in [1.82, 2.24) is 9.62 Å². The van der Waals surface area contributed by atoms with Crippen LogP contribution >= 0.6 is 11.3 Å². The zero-order valence-electron chi connectivity index (χ0n) is 11.1. The van der Waals surface area contributed by atoms with Crippen molar-refractivity contribution in [2.75, 3.05) is 13.1 Å². The van der Waals surface area contributed by atoms with Gasteiger partial charge in [0.1, 0.15) is 4.21 Å². The van der Waals surface area contributed by atoms with E-state index in [0.29, 0.717) is 10.8 Å². The minimum absolute atomic E-state index is 0.169. The third kappa shape index (κ3) is 3.45. The highest BCUT2D eigenvalue weighted by atomic mass is 32.2. The van der Waals surface area contributed by atoms with Crippen molar-refractivity contribution in [2.45, 2.75) is 36.6 Å². The monoisotopic (exact) mass is 300 g/mol. The van der Waals surface area contributed by atoms with Crippen LogP contribution in [0.4, 0.5) is 0 Å². The van der Waals surface area contributed by atoms with Crippen LogP contribution in [0.3, 0.4) is 0 Å². The molecule has 1 aromatic heterocycles. The zero-order chi connectivity index (χ0) is 13.9. The summed E-state index contributed by atoms with van der Waals surface area (Å²) in [6.45, 7) is 7.68. The molecule has 1 fully saturated rings. The van der Waals surface area contributed by atoms with Gasteiger partial charge in [-0.3, -0.25) is 0 Å². The molecule has 0 saturated heterocycles. The molecule has 0 spiro atoms. The van der Waals surface area contributed by atoms with E-state index >= 15 is 0 Å². The largest absolute Gasteiger partial charge is 0.312 e. The van der Waals surface area contributed by atoms with Gasteiger partial charge in [0.15, 0.2) is 0 Å². The van der Waals surface area contributed by atoms with Gasteiger partial charge in [0, 0.05) is 24.0 Å². The van der Waals surface area contributed by atoms with Crippen LogP contribution in [0.2, 0.25) is 0 Å². The maximum Gasteiger partial charge on any atom is 0.253 e. The summed E-state index contributed by atoms with van der Waals surface area (Å²) in [6.07, 6.45) is 3.58. The van der Waals surface area contributed by atoms with Crippen LogP contribution < -0.4 is 5.32 Å². The van der Waals surface area contributed by atoms with Crippen LogP contribution in [0, 0.1) is 0 Å². The van der Waals surface area contributed by atoms with Crippen molar-refractivity contribution >= 4 is 21.4 Å². The minimum atomic E-state index is -3.35. The lowest BCUT2D eigenvalue weighted by Gasteiger charge is -2.18. The standard InChI is InChI=1S/C13H20N2O2S2/c1-3-9-15(11-5-6-11)19(16,17)13-8-7-12(18-13)10-14-4-2/h3,7-8,11,14H,1,4-6,9-10H2,2H3. The Morgan fingerprint density at radius 2 is 2.26 bits per heavy atom. The number of nitrogens with zero attached hydrogens (tertiary/aromatic N) is 1. The number of hydrogen-bond donors (Lipinski definition) is 1. The van der Waals surface area contributed by atoms with Gasteiger partial charge in [-0.25, -0.2) is 8.42 Å². The number of thiophene rings is 1. The highest BCUT2D eigenvalue weighted by Crippen LogP contribution is 2.34. The van der Waals surface area contributed by atoms with Crippen molar-refractivity contribution in [2.24, 2.45) is 0 Å². The first-order valence-electron chi connectivity index (χ1n) is 6.51. The first-order valence-corrected chi connectivity index (χ1v) is 8.77. The molecule has 1 aliphatic rings. The fraction of sp³-hybridized carbons (Fsp3) is 0.538. The average molecular weight is 300 g/mol. The Bertz CT molecular complexity index is 533. The smallest absolute Gasteiger partial charge is 0.253 e. The molecule has 0 aliphatic heterocycles. The maximum atomic E-state index is 12.6. The predicted molar refractivity (Wildman–Crippen MR) is 78.8 cm³/mol. The lowest BCUT2D eigenvalue weighted by atomic mass is 10.4. The number of nitrogens with one attached hydrogen (secondary N) is 1. The molecule has 106 valence electrons. The summed E-state index contributed by atoms with van der Waals surface area (Å²) in [5.41, 5.74) is 0. The Balaban J connectivity index is 2.17. The quantitative estimate of drug-likeness (QED) is 0.749. The van der Waals surface area contributed by atoms with E-state index in [1.54, 1.807) is 16.4 Å². The van der Waals surface area contributed by atoms with Gasteiger partial charge in [-0.15, -0.1) is 17.9 Å². The fourth-order valence-corrected chi connectivity index (χ4v) is 5.00. The summed E-state index contributed by atoms with van der Waals surface area (Å²) in [6, 6.07) is 3.77. The molecule has 2 rings (SSSR count). The van der Waals surface area contributed by atoms with Crippen LogP contribution in [0.15, 0.2) is 29.0 Å². The van der Waals surface area contributed by atoms with Crippen molar-refractivity contribution in [3.05, 3.63) is 29.7 Å². The third-order valence-electron chi connectivity index (χ3n) is 3.01. The summed E-state index contributed by atoms with van der Waals surface area (Å²) < 4.78 is 27.1. The molecule has 0 radical (unpaired) electrons. The summed E-state index contributed by atoms with van der Waals surface area (Å²) in [7, 11) is -3.35. The molecular formula is C13H20N2O2S2. The van der Waals surface area contributed by atoms with Gasteiger partial charge in [-0.1, -0.05) is 13.0 Å². The average Bonchev–Trinajstić information content (AvgIpc) is 3.10. The molecule has 0 bridgehead atoms. The minimum Gasteiger partial charge on any atom is -0.312 e. The molecule has 19 heavy (non-hydrogen) atoms. The van der Waals surface area contributed by atoms with Gasteiger partial charge in [0.2, 0.25) is 0 Å². The highest BCUT2D eigenvalue weighted by Gasteiger charge is 2.37. The van der Waals surface area contributed by atoms with Crippen LogP contribution in [0.25, 0.3) is 0 Å². The van der Waals surface area contributed by atoms with Gasteiger partial charge in [-0.05, 0) is 31.5 Å². The molecule has 1 N–H and O–H groups in total. The van der Waals surface area contributed by atoms with E-state index in [9.17, 15) is 8.42 Å². The molecule has 1 aromatic rings. The lowest BCUT2D eigenvalue weighted by Crippen LogP contribution is -2.32. The van der Waals surface area contributed by atoms with E-state index < -0.39 is 10.0 Å². The van der Waals surface area contributed by atoms with Crippen molar-refractivity contribution < 1.29 is 8.42 Å². The Hall–Kier alpha value is -0.690.